The molecule has 462 valence electrons. The second kappa shape index (κ2) is 22.4. The van der Waals surface area contributed by atoms with Crippen molar-refractivity contribution in [1.29, 1.82) is 0 Å². The van der Waals surface area contributed by atoms with Gasteiger partial charge in [-0.1, -0.05) is 6.07 Å². The number of likely N-dealkylation sites (tertiary alicyclic amines) is 1. The van der Waals surface area contributed by atoms with E-state index >= 15 is 13.2 Å². The molecule has 1 spiro atoms. The molecule has 3 atom stereocenters. The second-order valence-electron chi connectivity index (χ2n) is 27.9. The smallest absolute Gasteiger partial charge is 0.412 e. The number of benzene rings is 3. The summed E-state index contributed by atoms with van der Waals surface area (Å²) in [5.41, 5.74) is 0.924. The maximum atomic E-state index is 17.7. The van der Waals surface area contributed by atoms with Crippen molar-refractivity contribution in [1.82, 2.24) is 39.9 Å². The van der Waals surface area contributed by atoms with Crippen LogP contribution in [0, 0.1) is 28.3 Å². The molecule has 87 heavy (non-hydrogen) atoms. The van der Waals surface area contributed by atoms with Gasteiger partial charge in [-0.05, 0) is 178 Å². The van der Waals surface area contributed by atoms with E-state index in [1.807, 2.05) is 42.7 Å². The molecule has 8 aliphatic rings. The zero-order valence-electron chi connectivity index (χ0n) is 50.6. The number of piperidine rings is 2. The summed E-state index contributed by atoms with van der Waals surface area (Å²) < 4.78 is 66.7. The summed E-state index contributed by atoms with van der Waals surface area (Å²) in [5, 5.41) is 5.29. The average molecular weight is 1200 g/mol. The number of carbonyl (C=O) groups excluding carboxylic acids is 5. The molecule has 5 aromatic rings. The van der Waals surface area contributed by atoms with Crippen LogP contribution in [-0.4, -0.2) is 165 Å². The first-order valence-electron chi connectivity index (χ1n) is 31.1. The number of aromatic nitrogens is 3. The summed E-state index contributed by atoms with van der Waals surface area (Å²) in [6, 6.07) is 10.7. The number of nitrogens with one attached hydrogen (secondary N) is 2. The molecule has 5 saturated heterocycles. The van der Waals surface area contributed by atoms with Gasteiger partial charge in [0, 0.05) is 104 Å². The predicted octanol–water partition coefficient (Wildman–Crippen LogP) is 9.96. The predicted molar refractivity (Wildman–Crippen MR) is 321 cm³/mol. The molecule has 8 heterocycles. The van der Waals surface area contributed by atoms with Crippen LogP contribution in [0.25, 0.3) is 32.9 Å². The van der Waals surface area contributed by atoms with Crippen LogP contribution in [0.3, 0.4) is 0 Å². The molecule has 2 saturated carbocycles. The van der Waals surface area contributed by atoms with E-state index < -0.39 is 46.7 Å². The molecule has 3 aromatic carbocycles. The lowest BCUT2D eigenvalue weighted by molar-refractivity contribution is -0.136. The Kier molecular flexibility index (Phi) is 15.1. The zero-order chi connectivity index (χ0) is 60.9. The topological polar surface area (TPSA) is 195 Å². The highest BCUT2D eigenvalue weighted by atomic mass is 19.2. The fourth-order valence-electron chi connectivity index (χ4n) is 14.9. The number of amides is 5. The Morgan fingerprint density at radius 3 is 2.14 bits per heavy atom. The number of carbonyl (C=O) groups is 5. The molecule has 5 amide bonds. The number of pyridine rings is 1. The first kappa shape index (κ1) is 58.7. The number of imide groups is 1. The fourth-order valence-corrected chi connectivity index (χ4v) is 14.9. The number of anilines is 3. The molecule has 2 aliphatic carbocycles. The quantitative estimate of drug-likeness (QED) is 0.119. The van der Waals surface area contributed by atoms with Crippen LogP contribution in [0.2, 0.25) is 0 Å². The van der Waals surface area contributed by atoms with Crippen LogP contribution in [-0.2, 0) is 25.6 Å². The first-order chi connectivity index (χ1) is 41.5. The Balaban J connectivity index is 0.672. The third-order valence-electron chi connectivity index (χ3n) is 19.6. The van der Waals surface area contributed by atoms with Crippen molar-refractivity contribution < 1.29 is 51.4 Å². The van der Waals surface area contributed by atoms with E-state index in [-0.39, 0.29) is 86.5 Å². The van der Waals surface area contributed by atoms with Crippen molar-refractivity contribution in [3.8, 4) is 17.3 Å². The molecule has 2 bridgehead atoms. The first-order valence-corrected chi connectivity index (χ1v) is 31.1. The normalized spacial score (nSPS) is 23.4. The lowest BCUT2D eigenvalue weighted by Crippen LogP contribution is -2.57. The van der Waals surface area contributed by atoms with Gasteiger partial charge in [0.25, 0.3) is 5.91 Å². The van der Waals surface area contributed by atoms with Crippen molar-refractivity contribution in [2.45, 2.75) is 161 Å². The number of rotatable bonds is 11. The van der Waals surface area contributed by atoms with Gasteiger partial charge in [-0.15, -0.1) is 0 Å². The van der Waals surface area contributed by atoms with E-state index in [1.54, 1.807) is 25.7 Å². The van der Waals surface area contributed by atoms with Gasteiger partial charge in [0.05, 0.1) is 24.1 Å². The van der Waals surface area contributed by atoms with E-state index in [2.05, 4.69) is 36.4 Å². The highest BCUT2D eigenvalue weighted by Crippen LogP contribution is 2.50. The Bertz CT molecular complexity index is 3570. The third kappa shape index (κ3) is 11.8. The van der Waals surface area contributed by atoms with Gasteiger partial charge in [0.2, 0.25) is 11.8 Å². The Labute approximate surface area is 504 Å². The largest absolute Gasteiger partial charge is 0.463 e. The van der Waals surface area contributed by atoms with Crippen LogP contribution < -0.4 is 25.2 Å². The number of hydrogen-bond donors (Lipinski definition) is 2. The molecule has 7 fully saturated rings. The standard InChI is InChI=1S/C65H78F3N11O8/c1-62(2,3)86-60(83)70-40-29-38-7-12-48(66)52(67)51(38)46(31-40)54-53(68)55-47(32-69-54)56(77-34-43-8-9-44(35-77)79(43)61(84)87-63(4,5)6)73-59(72-55)85-37-65(19-20-65)36-74-23-21-64(22-24-74)17-15-41(16-18-64)75-25-27-76(28-26-75)42-10-11-45-39(30-42)33-78(58(45)82)49-13-14-50(80)71-57(49)81/h7,10-12,29-32,41,43-44,49H,8-9,13-28,33-37H2,1-6H3,(H,70,83)(H,71,80,81)/t43?,44?,49-/m0/s1. The Hall–Kier alpha value is -7.33. The lowest BCUT2D eigenvalue weighted by atomic mass is 9.66. The third-order valence-corrected chi connectivity index (χ3v) is 19.6. The summed E-state index contributed by atoms with van der Waals surface area (Å²) in [7, 11) is 0. The Morgan fingerprint density at radius 2 is 1.46 bits per heavy atom. The van der Waals surface area contributed by atoms with Crippen molar-refractivity contribution in [2.24, 2.45) is 10.8 Å². The van der Waals surface area contributed by atoms with Crippen LogP contribution in [0.15, 0.2) is 48.7 Å². The molecule has 2 unspecified atom stereocenters. The van der Waals surface area contributed by atoms with Crippen molar-refractivity contribution >= 4 is 68.8 Å². The molecule has 2 N–H and O–H groups in total. The van der Waals surface area contributed by atoms with Crippen molar-refractivity contribution in [2.75, 3.05) is 80.6 Å². The van der Waals surface area contributed by atoms with Gasteiger partial charge in [-0.2, -0.15) is 9.97 Å². The van der Waals surface area contributed by atoms with E-state index in [1.165, 1.54) is 50.1 Å². The minimum atomic E-state index is -1.20. The minimum absolute atomic E-state index is 0.0269. The highest BCUT2D eigenvalue weighted by molar-refractivity contribution is 6.06. The number of ether oxygens (including phenoxy) is 3. The number of piperazine rings is 2. The minimum Gasteiger partial charge on any atom is -0.463 e. The summed E-state index contributed by atoms with van der Waals surface area (Å²) in [5.74, 6) is -3.71. The van der Waals surface area contributed by atoms with E-state index in [0.717, 1.165) is 102 Å². The van der Waals surface area contributed by atoms with Gasteiger partial charge >= 0.3 is 18.2 Å². The maximum absolute atomic E-state index is 17.7. The van der Waals surface area contributed by atoms with E-state index in [0.29, 0.717) is 55.5 Å². The number of halogens is 3. The molecule has 22 heteroatoms. The molecule has 13 rings (SSSR count). The van der Waals surface area contributed by atoms with Gasteiger partial charge in [0.1, 0.15) is 34.3 Å². The maximum Gasteiger partial charge on any atom is 0.412 e. The van der Waals surface area contributed by atoms with Crippen LogP contribution in [0.1, 0.15) is 135 Å². The van der Waals surface area contributed by atoms with E-state index in [9.17, 15) is 24.0 Å². The molecule has 19 nitrogen and oxygen atoms in total. The monoisotopic (exact) mass is 1200 g/mol. The lowest BCUT2D eigenvalue weighted by Gasteiger charge is -2.49. The van der Waals surface area contributed by atoms with Crippen molar-refractivity contribution in [3.05, 3.63) is 77.2 Å². The SMILES string of the molecule is CC(C)(C)OC(=O)Nc1cc(-c2ncc3c(N4CC5CCC(C4)N5C(=O)OC(C)(C)C)nc(OCC4(CN5CCC6(CCC(N7CCN(c8ccc9c(c8)CN([C@H]8CCC(=O)NC8=O)C9=O)CC7)CC6)CC5)CC4)nc3c2F)c2c(F)c(F)ccc2c1. The zero-order valence-corrected chi connectivity index (χ0v) is 50.6. The number of fused-ring (bicyclic) bond motifs is 5. The van der Waals surface area contributed by atoms with Gasteiger partial charge in [-0.25, -0.2) is 22.8 Å². The van der Waals surface area contributed by atoms with Crippen LogP contribution >= 0.6 is 0 Å². The number of hydrogen-bond acceptors (Lipinski definition) is 15. The molecule has 2 aromatic heterocycles. The highest BCUT2D eigenvalue weighted by Gasteiger charge is 2.49. The fraction of sp³-hybridized carbons (Fsp3) is 0.569. The van der Waals surface area contributed by atoms with Gasteiger partial charge < -0.3 is 33.8 Å². The summed E-state index contributed by atoms with van der Waals surface area (Å²) >= 11 is 0. The van der Waals surface area contributed by atoms with Gasteiger partial charge in [-0.3, -0.25) is 39.8 Å². The molecule has 6 aliphatic heterocycles. The summed E-state index contributed by atoms with van der Waals surface area (Å²) in [4.78, 5) is 91.7. The Morgan fingerprint density at radius 1 is 0.747 bits per heavy atom. The summed E-state index contributed by atoms with van der Waals surface area (Å²) in [6.45, 7) is 18.7. The number of nitrogens with zero attached hydrogens (tertiary/aromatic N) is 9. The van der Waals surface area contributed by atoms with E-state index in [4.69, 9.17) is 24.2 Å². The second-order valence-corrected chi connectivity index (χ2v) is 27.9. The van der Waals surface area contributed by atoms with Gasteiger partial charge in [0.15, 0.2) is 17.5 Å². The molecular weight excluding hydrogens is 1120 g/mol. The molecule has 0 radical (unpaired) electrons. The average Bonchev–Trinajstić information content (AvgIpc) is 1.09. The van der Waals surface area contributed by atoms with Crippen LogP contribution in [0.4, 0.5) is 40.0 Å². The van der Waals surface area contributed by atoms with Crippen LogP contribution in [0.5, 0.6) is 6.01 Å². The summed E-state index contributed by atoms with van der Waals surface area (Å²) in [6.07, 6.45) is 11.3. The molecular formula is C65H78F3N11O8. The van der Waals surface area contributed by atoms with Crippen molar-refractivity contribution in [3.63, 3.8) is 0 Å².